The summed E-state index contributed by atoms with van der Waals surface area (Å²) in [6, 6.07) is 14.3. The van der Waals surface area contributed by atoms with Crippen LogP contribution in [0.1, 0.15) is 26.7 Å². The molecule has 12 nitrogen and oxygen atoms in total. The van der Waals surface area contributed by atoms with Gasteiger partial charge in [-0.05, 0) is 43.0 Å². The lowest BCUT2D eigenvalue weighted by Gasteiger charge is -2.25. The van der Waals surface area contributed by atoms with Gasteiger partial charge in [0.2, 0.25) is 17.7 Å². The first-order chi connectivity index (χ1) is 20.4. The number of carbonyl (C=O) groups excluding carboxylic acids is 3. The van der Waals surface area contributed by atoms with E-state index in [1.165, 1.54) is 9.70 Å². The molecule has 1 aliphatic rings. The summed E-state index contributed by atoms with van der Waals surface area (Å²) in [7, 11) is 0. The highest BCUT2D eigenvalue weighted by Crippen LogP contribution is 2.23. The van der Waals surface area contributed by atoms with Crippen molar-refractivity contribution in [2.75, 3.05) is 26.2 Å². The lowest BCUT2D eigenvalue weighted by molar-refractivity contribution is -0.138. The second-order valence-electron chi connectivity index (χ2n) is 10.7. The van der Waals surface area contributed by atoms with Crippen LogP contribution in [0.5, 0.6) is 5.75 Å². The van der Waals surface area contributed by atoms with Crippen molar-refractivity contribution in [3.63, 3.8) is 0 Å². The van der Waals surface area contributed by atoms with Crippen molar-refractivity contribution in [1.29, 1.82) is 0 Å². The summed E-state index contributed by atoms with van der Waals surface area (Å²) in [6.45, 7) is 5.15. The normalized spacial score (nSPS) is 17.1. The van der Waals surface area contributed by atoms with E-state index in [4.69, 9.17) is 4.74 Å². The number of hydrogen-bond acceptors (Lipinski definition) is 7. The molecule has 0 radical (unpaired) electrons. The standard InChI is InChI=1S/C30H36N8O4/c1-21(2)17-26-30(41)32-12-15-36-14-11-31-29(36)22-7-5-8-23(18-22)42-16-6-13-37(19-27(39)33-26)28(40)20-38-34-24-9-3-4-10-25(24)35-38/h3-5,7-11,14,18,21,26H,6,12-13,15-17,19-20H2,1-2H3,(H,32,41)(H,33,39)/t26-/m1/s1. The summed E-state index contributed by atoms with van der Waals surface area (Å²) in [5.41, 5.74) is 2.26. The van der Waals surface area contributed by atoms with Gasteiger partial charge >= 0.3 is 0 Å². The Morgan fingerprint density at radius 3 is 2.62 bits per heavy atom. The molecule has 0 saturated carbocycles. The second kappa shape index (κ2) is 13.3. The molecule has 0 spiro atoms. The average Bonchev–Trinajstić information content (AvgIpc) is 3.60. The van der Waals surface area contributed by atoms with Crippen LogP contribution in [0.3, 0.4) is 0 Å². The SMILES string of the molecule is CC(C)C[C@H]1NC(=O)CN(C(=O)Cn2nc3ccccc3n2)CCCOc2cccc(c2)-c2nccn2CCNC1=O. The molecule has 0 saturated heterocycles. The summed E-state index contributed by atoms with van der Waals surface area (Å²) in [4.78, 5) is 47.1. The van der Waals surface area contributed by atoms with E-state index < -0.39 is 11.9 Å². The van der Waals surface area contributed by atoms with Gasteiger partial charge in [0.15, 0.2) is 0 Å². The molecule has 0 unspecified atom stereocenters. The third-order valence-electron chi connectivity index (χ3n) is 6.95. The summed E-state index contributed by atoms with van der Waals surface area (Å²) in [5.74, 6) is 0.630. The van der Waals surface area contributed by atoms with Crippen LogP contribution in [-0.4, -0.2) is 79.4 Å². The van der Waals surface area contributed by atoms with Crippen LogP contribution in [-0.2, 0) is 27.5 Å². The van der Waals surface area contributed by atoms with Gasteiger partial charge in [0.25, 0.3) is 0 Å². The van der Waals surface area contributed by atoms with Crippen LogP contribution >= 0.6 is 0 Å². The van der Waals surface area contributed by atoms with Crippen molar-refractivity contribution in [3.05, 3.63) is 60.9 Å². The van der Waals surface area contributed by atoms with Crippen LogP contribution in [0.25, 0.3) is 22.4 Å². The second-order valence-corrected chi connectivity index (χ2v) is 10.7. The monoisotopic (exact) mass is 572 g/mol. The van der Waals surface area contributed by atoms with E-state index in [0.717, 1.165) is 11.4 Å². The van der Waals surface area contributed by atoms with Crippen LogP contribution in [0.2, 0.25) is 0 Å². The molecule has 1 aliphatic heterocycles. The van der Waals surface area contributed by atoms with Crippen molar-refractivity contribution in [2.45, 2.75) is 45.8 Å². The Morgan fingerprint density at radius 1 is 1.07 bits per heavy atom. The molecule has 0 aliphatic carbocycles. The molecule has 2 aromatic heterocycles. The number of amides is 3. The topological polar surface area (TPSA) is 136 Å². The number of hydrogen-bond donors (Lipinski definition) is 2. The zero-order chi connectivity index (χ0) is 29.5. The minimum absolute atomic E-state index is 0.118. The van der Waals surface area contributed by atoms with Gasteiger partial charge in [-0.3, -0.25) is 14.4 Å². The van der Waals surface area contributed by atoms with Crippen molar-refractivity contribution in [1.82, 2.24) is 40.1 Å². The van der Waals surface area contributed by atoms with E-state index >= 15 is 0 Å². The molecule has 1 atom stereocenters. The Bertz CT molecular complexity index is 1510. The molecule has 5 rings (SSSR count). The maximum atomic E-state index is 13.4. The molecule has 2 N–H and O–H groups in total. The molecular formula is C30H36N8O4. The number of aromatic nitrogens is 5. The van der Waals surface area contributed by atoms with Gasteiger partial charge < -0.3 is 24.8 Å². The van der Waals surface area contributed by atoms with E-state index in [0.29, 0.717) is 49.3 Å². The molecule has 2 bridgehead atoms. The number of nitrogens with zero attached hydrogens (tertiary/aromatic N) is 6. The van der Waals surface area contributed by atoms with Gasteiger partial charge in [0.05, 0.1) is 13.2 Å². The highest BCUT2D eigenvalue weighted by atomic mass is 16.5. The zero-order valence-corrected chi connectivity index (χ0v) is 23.9. The van der Waals surface area contributed by atoms with Crippen molar-refractivity contribution < 1.29 is 19.1 Å². The van der Waals surface area contributed by atoms with Gasteiger partial charge in [-0.1, -0.05) is 38.1 Å². The molecule has 12 heteroatoms. The minimum Gasteiger partial charge on any atom is -0.494 e. The lowest BCUT2D eigenvalue weighted by Crippen LogP contribution is -2.51. The first-order valence-electron chi connectivity index (χ1n) is 14.2. The number of imidazole rings is 1. The fourth-order valence-corrected chi connectivity index (χ4v) is 4.95. The smallest absolute Gasteiger partial charge is 0.246 e. The lowest BCUT2D eigenvalue weighted by atomic mass is 10.0. The fraction of sp³-hybridized carbons (Fsp3) is 0.400. The Hall–Kier alpha value is -4.74. The molecule has 42 heavy (non-hydrogen) atoms. The van der Waals surface area contributed by atoms with Gasteiger partial charge in [-0.15, -0.1) is 0 Å². The van der Waals surface area contributed by atoms with Gasteiger partial charge in [-0.25, -0.2) is 4.98 Å². The van der Waals surface area contributed by atoms with Crippen LogP contribution < -0.4 is 15.4 Å². The van der Waals surface area contributed by atoms with Crippen LogP contribution in [0.4, 0.5) is 0 Å². The zero-order valence-electron chi connectivity index (χ0n) is 23.9. The van der Waals surface area contributed by atoms with Gasteiger partial charge in [0, 0.05) is 37.6 Å². The number of rotatable bonds is 4. The maximum absolute atomic E-state index is 13.4. The minimum atomic E-state index is -0.728. The highest BCUT2D eigenvalue weighted by Gasteiger charge is 2.25. The highest BCUT2D eigenvalue weighted by molar-refractivity contribution is 5.90. The Morgan fingerprint density at radius 2 is 1.86 bits per heavy atom. The predicted molar refractivity (Wildman–Crippen MR) is 156 cm³/mol. The molecule has 0 fully saturated rings. The third kappa shape index (κ3) is 7.31. The molecular weight excluding hydrogens is 536 g/mol. The fourth-order valence-electron chi connectivity index (χ4n) is 4.95. The average molecular weight is 573 g/mol. The number of fused-ring (bicyclic) bond motifs is 5. The molecule has 3 amide bonds. The quantitative estimate of drug-likeness (QED) is 0.383. The largest absolute Gasteiger partial charge is 0.494 e. The number of nitrogens with one attached hydrogen (secondary N) is 2. The summed E-state index contributed by atoms with van der Waals surface area (Å²) >= 11 is 0. The Kier molecular flexibility index (Phi) is 9.10. The third-order valence-corrected chi connectivity index (χ3v) is 6.95. The van der Waals surface area contributed by atoms with E-state index in [1.54, 1.807) is 6.20 Å². The first-order valence-corrected chi connectivity index (χ1v) is 14.2. The predicted octanol–water partition coefficient (Wildman–Crippen LogP) is 2.25. The van der Waals surface area contributed by atoms with E-state index in [-0.39, 0.29) is 37.4 Å². The summed E-state index contributed by atoms with van der Waals surface area (Å²) in [5, 5.41) is 14.6. The van der Waals surface area contributed by atoms with Crippen molar-refractivity contribution in [2.24, 2.45) is 5.92 Å². The molecule has 220 valence electrons. The van der Waals surface area contributed by atoms with E-state index in [1.807, 2.05) is 73.1 Å². The summed E-state index contributed by atoms with van der Waals surface area (Å²) < 4.78 is 7.98. The number of carbonyl (C=O) groups is 3. The molecule has 4 aromatic rings. The Labute approximate surface area is 244 Å². The molecule has 3 heterocycles. The summed E-state index contributed by atoms with van der Waals surface area (Å²) in [6.07, 6.45) is 4.55. The molecule has 2 aromatic carbocycles. The van der Waals surface area contributed by atoms with Crippen LogP contribution in [0, 0.1) is 5.92 Å². The van der Waals surface area contributed by atoms with Crippen molar-refractivity contribution in [3.8, 4) is 17.1 Å². The first kappa shape index (κ1) is 28.8. The number of benzene rings is 2. The van der Waals surface area contributed by atoms with Crippen LogP contribution in [0.15, 0.2) is 60.9 Å². The van der Waals surface area contributed by atoms with Gasteiger partial charge in [-0.2, -0.15) is 15.0 Å². The maximum Gasteiger partial charge on any atom is 0.246 e. The van der Waals surface area contributed by atoms with Crippen molar-refractivity contribution >= 4 is 28.8 Å². The van der Waals surface area contributed by atoms with E-state index in [9.17, 15) is 14.4 Å². The van der Waals surface area contributed by atoms with E-state index in [2.05, 4.69) is 25.8 Å². The Balaban J connectivity index is 1.36. The number of ether oxygens (including phenoxy) is 1. The van der Waals surface area contributed by atoms with Gasteiger partial charge in [0.1, 0.15) is 35.2 Å².